The van der Waals surface area contributed by atoms with Gasteiger partial charge in [-0.2, -0.15) is 0 Å². The predicted octanol–water partition coefficient (Wildman–Crippen LogP) is 3.07. The van der Waals surface area contributed by atoms with Crippen LogP contribution in [0.5, 0.6) is 5.75 Å². The second kappa shape index (κ2) is 7.12. The van der Waals surface area contributed by atoms with Crippen LogP contribution in [0.4, 0.5) is 0 Å². The van der Waals surface area contributed by atoms with Gasteiger partial charge < -0.3 is 19.6 Å². The maximum absolute atomic E-state index is 6.15. The molecule has 1 aromatic carbocycles. The molecule has 1 aromatic heterocycles. The molecule has 0 saturated heterocycles. The molecule has 4 nitrogen and oxygen atoms in total. The van der Waals surface area contributed by atoms with E-state index in [1.165, 1.54) is 5.56 Å². The van der Waals surface area contributed by atoms with Crippen LogP contribution in [0.25, 0.3) is 0 Å². The summed E-state index contributed by atoms with van der Waals surface area (Å²) >= 11 is 0. The number of methoxy groups -OCH3 is 2. The Bertz CT molecular complexity index is 519. The zero-order valence-corrected chi connectivity index (χ0v) is 12.0. The summed E-state index contributed by atoms with van der Waals surface area (Å²) in [7, 11) is 3.31. The van der Waals surface area contributed by atoms with E-state index in [2.05, 4.69) is 12.1 Å². The highest BCUT2D eigenvalue weighted by Crippen LogP contribution is 2.21. The Morgan fingerprint density at radius 3 is 2.50 bits per heavy atom. The third-order valence-corrected chi connectivity index (χ3v) is 3.24. The first-order valence-electron chi connectivity index (χ1n) is 6.69. The SMILES string of the molecule is COCc1ccc(C(N)CCc2ccc(OC)cc2)o1. The van der Waals surface area contributed by atoms with Crippen LogP contribution in [0.3, 0.4) is 0 Å². The standard InChI is InChI=1S/C16H21NO3/c1-18-11-14-8-10-16(20-14)15(17)9-5-12-3-6-13(19-2)7-4-12/h3-4,6-8,10,15H,5,9,11,17H2,1-2H3. The van der Waals surface area contributed by atoms with Gasteiger partial charge in [0.05, 0.1) is 13.2 Å². The summed E-state index contributed by atoms with van der Waals surface area (Å²) in [5.41, 5.74) is 7.39. The van der Waals surface area contributed by atoms with Crippen molar-refractivity contribution >= 4 is 0 Å². The van der Waals surface area contributed by atoms with E-state index in [0.29, 0.717) is 6.61 Å². The van der Waals surface area contributed by atoms with Gasteiger partial charge in [0.1, 0.15) is 23.9 Å². The topological polar surface area (TPSA) is 57.6 Å². The summed E-state index contributed by atoms with van der Waals surface area (Å²) in [5.74, 6) is 2.49. The maximum atomic E-state index is 6.15. The van der Waals surface area contributed by atoms with Crippen LogP contribution in [0.15, 0.2) is 40.8 Å². The second-order valence-electron chi connectivity index (χ2n) is 4.73. The van der Waals surface area contributed by atoms with Crippen molar-refractivity contribution in [3.63, 3.8) is 0 Å². The number of benzene rings is 1. The molecule has 0 spiro atoms. The normalized spacial score (nSPS) is 12.3. The number of hydrogen-bond donors (Lipinski definition) is 1. The first-order valence-corrected chi connectivity index (χ1v) is 6.69. The molecule has 0 aliphatic heterocycles. The molecule has 0 saturated carbocycles. The van der Waals surface area contributed by atoms with Crippen LogP contribution < -0.4 is 10.5 Å². The zero-order valence-electron chi connectivity index (χ0n) is 12.0. The Morgan fingerprint density at radius 1 is 1.10 bits per heavy atom. The summed E-state index contributed by atoms with van der Waals surface area (Å²) in [4.78, 5) is 0. The first-order chi connectivity index (χ1) is 9.72. The molecule has 2 N–H and O–H groups in total. The minimum atomic E-state index is -0.0947. The molecular formula is C16H21NO3. The highest BCUT2D eigenvalue weighted by molar-refractivity contribution is 5.27. The van der Waals surface area contributed by atoms with Gasteiger partial charge in [-0.05, 0) is 42.7 Å². The summed E-state index contributed by atoms with van der Waals surface area (Å²) in [6, 6.07) is 11.8. The number of furan rings is 1. The fourth-order valence-corrected chi connectivity index (χ4v) is 2.07. The van der Waals surface area contributed by atoms with Crippen molar-refractivity contribution < 1.29 is 13.9 Å². The fraction of sp³-hybridized carbons (Fsp3) is 0.375. The molecule has 0 bridgehead atoms. The Hall–Kier alpha value is -1.78. The van der Waals surface area contributed by atoms with Crippen molar-refractivity contribution in [2.45, 2.75) is 25.5 Å². The first kappa shape index (κ1) is 14.6. The maximum Gasteiger partial charge on any atom is 0.129 e. The molecule has 20 heavy (non-hydrogen) atoms. The molecule has 1 heterocycles. The third kappa shape index (κ3) is 3.85. The van der Waals surface area contributed by atoms with Gasteiger partial charge in [-0.1, -0.05) is 12.1 Å². The van der Waals surface area contributed by atoms with Crippen molar-refractivity contribution in [1.29, 1.82) is 0 Å². The lowest BCUT2D eigenvalue weighted by atomic mass is 10.0. The van der Waals surface area contributed by atoms with Crippen LogP contribution in [0.1, 0.15) is 29.5 Å². The van der Waals surface area contributed by atoms with Gasteiger partial charge in [0, 0.05) is 7.11 Å². The van der Waals surface area contributed by atoms with Crippen molar-refractivity contribution in [1.82, 2.24) is 0 Å². The monoisotopic (exact) mass is 275 g/mol. The molecule has 1 atom stereocenters. The smallest absolute Gasteiger partial charge is 0.129 e. The largest absolute Gasteiger partial charge is 0.497 e. The van der Waals surface area contributed by atoms with E-state index >= 15 is 0 Å². The average molecular weight is 275 g/mol. The van der Waals surface area contributed by atoms with Gasteiger partial charge in [0.15, 0.2) is 0 Å². The molecule has 108 valence electrons. The van der Waals surface area contributed by atoms with Crippen LogP contribution in [-0.4, -0.2) is 14.2 Å². The summed E-state index contributed by atoms with van der Waals surface area (Å²) < 4.78 is 15.8. The van der Waals surface area contributed by atoms with Crippen LogP contribution in [0.2, 0.25) is 0 Å². The molecule has 2 aromatic rings. The molecule has 1 unspecified atom stereocenters. The van der Waals surface area contributed by atoms with Gasteiger partial charge >= 0.3 is 0 Å². The molecular weight excluding hydrogens is 254 g/mol. The Balaban J connectivity index is 1.88. The van der Waals surface area contributed by atoms with Crippen LogP contribution in [0, 0.1) is 0 Å². The highest BCUT2D eigenvalue weighted by atomic mass is 16.5. The van der Waals surface area contributed by atoms with E-state index in [1.54, 1.807) is 14.2 Å². The lowest BCUT2D eigenvalue weighted by Gasteiger charge is -2.09. The Labute approximate surface area is 119 Å². The summed E-state index contributed by atoms with van der Waals surface area (Å²) in [5, 5.41) is 0. The highest BCUT2D eigenvalue weighted by Gasteiger charge is 2.11. The van der Waals surface area contributed by atoms with Crippen LogP contribution in [-0.2, 0) is 17.8 Å². The van der Waals surface area contributed by atoms with Gasteiger partial charge in [0.2, 0.25) is 0 Å². The van der Waals surface area contributed by atoms with E-state index in [-0.39, 0.29) is 6.04 Å². The Morgan fingerprint density at radius 2 is 1.85 bits per heavy atom. The minimum Gasteiger partial charge on any atom is -0.497 e. The second-order valence-corrected chi connectivity index (χ2v) is 4.73. The van der Waals surface area contributed by atoms with Gasteiger partial charge in [-0.15, -0.1) is 0 Å². The van der Waals surface area contributed by atoms with E-state index in [4.69, 9.17) is 19.6 Å². The summed E-state index contributed by atoms with van der Waals surface area (Å²) in [6.45, 7) is 0.477. The zero-order chi connectivity index (χ0) is 14.4. The predicted molar refractivity (Wildman–Crippen MR) is 77.7 cm³/mol. The number of ether oxygens (including phenoxy) is 2. The van der Waals surface area contributed by atoms with Crippen molar-refractivity contribution in [3.8, 4) is 5.75 Å². The van der Waals surface area contributed by atoms with E-state index in [1.807, 2.05) is 24.3 Å². The van der Waals surface area contributed by atoms with Crippen molar-refractivity contribution in [2.75, 3.05) is 14.2 Å². The fourth-order valence-electron chi connectivity index (χ4n) is 2.07. The van der Waals surface area contributed by atoms with Crippen molar-refractivity contribution in [2.24, 2.45) is 5.73 Å². The molecule has 2 rings (SSSR count). The van der Waals surface area contributed by atoms with Gasteiger partial charge in [-0.25, -0.2) is 0 Å². The van der Waals surface area contributed by atoms with E-state index in [9.17, 15) is 0 Å². The molecule has 0 aliphatic rings. The lowest BCUT2D eigenvalue weighted by Crippen LogP contribution is -2.10. The minimum absolute atomic E-state index is 0.0947. The Kier molecular flexibility index (Phi) is 5.21. The van der Waals surface area contributed by atoms with Crippen LogP contribution >= 0.6 is 0 Å². The van der Waals surface area contributed by atoms with E-state index in [0.717, 1.165) is 30.1 Å². The molecule has 0 radical (unpaired) electrons. The quantitative estimate of drug-likeness (QED) is 0.843. The summed E-state index contributed by atoms with van der Waals surface area (Å²) in [6.07, 6.45) is 1.75. The van der Waals surface area contributed by atoms with Crippen molar-refractivity contribution in [3.05, 3.63) is 53.5 Å². The molecule has 0 aliphatic carbocycles. The number of hydrogen-bond acceptors (Lipinski definition) is 4. The lowest BCUT2D eigenvalue weighted by molar-refractivity contribution is 0.162. The number of rotatable bonds is 7. The number of aryl methyl sites for hydroxylation is 1. The number of nitrogens with two attached hydrogens (primary N) is 1. The molecule has 0 fully saturated rings. The van der Waals surface area contributed by atoms with E-state index < -0.39 is 0 Å². The third-order valence-electron chi connectivity index (χ3n) is 3.24. The van der Waals surface area contributed by atoms with Gasteiger partial charge in [0.25, 0.3) is 0 Å². The average Bonchev–Trinajstić information content (AvgIpc) is 2.94. The molecule has 0 amide bonds. The van der Waals surface area contributed by atoms with Gasteiger partial charge in [-0.3, -0.25) is 0 Å². The molecule has 4 heteroatoms.